The topological polar surface area (TPSA) is 78.4 Å². The molecule has 1 N–H and O–H groups in total. The summed E-state index contributed by atoms with van der Waals surface area (Å²) in [6, 6.07) is 5.68. The van der Waals surface area contributed by atoms with E-state index in [1.165, 1.54) is 35.6 Å². The Balaban J connectivity index is 1.36. The molecule has 4 rings (SSSR count). The highest BCUT2D eigenvalue weighted by Gasteiger charge is 2.27. The van der Waals surface area contributed by atoms with Gasteiger partial charge in [-0.1, -0.05) is 0 Å². The van der Waals surface area contributed by atoms with Gasteiger partial charge >= 0.3 is 0 Å². The molecule has 0 aliphatic carbocycles. The zero-order valence-corrected chi connectivity index (χ0v) is 18.6. The fraction of sp³-hybridized carbons (Fsp3) is 0.364. The molecule has 0 radical (unpaired) electrons. The van der Waals surface area contributed by atoms with Crippen LogP contribution in [0.4, 0.5) is 10.1 Å². The van der Waals surface area contributed by atoms with Crippen molar-refractivity contribution in [3.05, 3.63) is 52.0 Å². The number of piperazine rings is 1. The van der Waals surface area contributed by atoms with Gasteiger partial charge in [-0.2, -0.15) is 0 Å². The molecule has 1 saturated heterocycles. The number of anilines is 1. The van der Waals surface area contributed by atoms with Gasteiger partial charge in [0.05, 0.1) is 11.4 Å². The number of carbonyl (C=O) groups is 2. The third-order valence-electron chi connectivity index (χ3n) is 5.43. The number of halogens is 1. The van der Waals surface area contributed by atoms with Gasteiger partial charge in [0.2, 0.25) is 5.91 Å². The number of nitrogens with one attached hydrogen (secondary N) is 1. The molecule has 1 aliphatic heterocycles. The highest BCUT2D eigenvalue weighted by molar-refractivity contribution is 7.20. The van der Waals surface area contributed by atoms with Crippen molar-refractivity contribution >= 4 is 39.1 Å². The number of hydrogen-bond donors (Lipinski definition) is 1. The summed E-state index contributed by atoms with van der Waals surface area (Å²) >= 11 is 1.42. The Morgan fingerprint density at radius 1 is 1.06 bits per heavy atom. The zero-order chi connectivity index (χ0) is 22.1. The monoisotopic (exact) mass is 441 g/mol. The molecule has 162 valence electrons. The fourth-order valence-corrected chi connectivity index (χ4v) is 5.11. The van der Waals surface area contributed by atoms with Crippen molar-refractivity contribution in [1.29, 1.82) is 0 Å². The minimum Gasteiger partial charge on any atom is -0.335 e. The lowest BCUT2D eigenvalue weighted by molar-refractivity contribution is -0.117. The number of aromatic nitrogens is 2. The Morgan fingerprint density at radius 3 is 2.42 bits per heavy atom. The first kappa shape index (κ1) is 21.3. The van der Waals surface area contributed by atoms with E-state index in [0.29, 0.717) is 42.6 Å². The summed E-state index contributed by atoms with van der Waals surface area (Å²) in [5, 5.41) is 3.74. The molecule has 1 aliphatic rings. The molecule has 3 heterocycles. The van der Waals surface area contributed by atoms with Crippen molar-refractivity contribution in [3.63, 3.8) is 0 Å². The van der Waals surface area contributed by atoms with Crippen LogP contribution in [0.5, 0.6) is 0 Å². The molecule has 0 atom stereocenters. The molecule has 9 heteroatoms. The number of thiophene rings is 1. The van der Waals surface area contributed by atoms with Crippen LogP contribution < -0.4 is 5.32 Å². The second kappa shape index (κ2) is 8.68. The van der Waals surface area contributed by atoms with Crippen molar-refractivity contribution in [2.75, 3.05) is 38.0 Å². The Labute approximate surface area is 183 Å². The normalized spacial score (nSPS) is 14.8. The average Bonchev–Trinajstić information content (AvgIpc) is 3.06. The largest absolute Gasteiger partial charge is 0.335 e. The number of nitrogens with zero attached hydrogens (tertiary/aromatic N) is 4. The molecule has 3 aromatic rings. The maximum Gasteiger partial charge on any atom is 0.264 e. The molecule has 1 aromatic carbocycles. The minimum absolute atomic E-state index is 0.00738. The van der Waals surface area contributed by atoms with Crippen molar-refractivity contribution < 1.29 is 14.0 Å². The molecule has 1 fully saturated rings. The molecular formula is C22H24FN5O2S. The SMILES string of the molecule is Cc1nc(C)c2c(C)c(C(=O)N3CCN(CC(=O)Nc4ccc(F)cc4)CC3)sc2n1. The Morgan fingerprint density at radius 2 is 1.74 bits per heavy atom. The van der Waals surface area contributed by atoms with Gasteiger partial charge in [0.25, 0.3) is 5.91 Å². The quantitative estimate of drug-likeness (QED) is 0.673. The third-order valence-corrected chi connectivity index (χ3v) is 6.61. The Kier molecular flexibility index (Phi) is 5.97. The molecule has 7 nitrogen and oxygen atoms in total. The maximum absolute atomic E-state index is 13.1. The summed E-state index contributed by atoms with van der Waals surface area (Å²) in [4.78, 5) is 39.7. The minimum atomic E-state index is -0.343. The summed E-state index contributed by atoms with van der Waals surface area (Å²) in [6.07, 6.45) is 0. The fourth-order valence-electron chi connectivity index (χ4n) is 3.87. The van der Waals surface area contributed by atoms with Gasteiger partial charge in [-0.15, -0.1) is 11.3 Å². The molecule has 2 aromatic heterocycles. The lowest BCUT2D eigenvalue weighted by Gasteiger charge is -2.34. The van der Waals surface area contributed by atoms with Crippen LogP contribution in [0.1, 0.15) is 26.8 Å². The van der Waals surface area contributed by atoms with E-state index in [-0.39, 0.29) is 24.2 Å². The van der Waals surface area contributed by atoms with Crippen LogP contribution in [0.15, 0.2) is 24.3 Å². The van der Waals surface area contributed by atoms with E-state index >= 15 is 0 Å². The predicted octanol–water partition coefficient (Wildman–Crippen LogP) is 3.15. The van der Waals surface area contributed by atoms with Gasteiger partial charge in [-0.3, -0.25) is 14.5 Å². The first-order chi connectivity index (χ1) is 14.8. The van der Waals surface area contributed by atoms with Gasteiger partial charge < -0.3 is 10.2 Å². The van der Waals surface area contributed by atoms with Crippen molar-refractivity contribution in [1.82, 2.24) is 19.8 Å². The second-order valence-corrected chi connectivity index (χ2v) is 8.72. The number of carbonyl (C=O) groups excluding carboxylic acids is 2. The number of hydrogen-bond acceptors (Lipinski definition) is 6. The van der Waals surface area contributed by atoms with Crippen LogP contribution in [0.2, 0.25) is 0 Å². The van der Waals surface area contributed by atoms with Crippen molar-refractivity contribution in [2.24, 2.45) is 0 Å². The van der Waals surface area contributed by atoms with Gasteiger partial charge in [-0.25, -0.2) is 14.4 Å². The molecule has 31 heavy (non-hydrogen) atoms. The van der Waals surface area contributed by atoms with E-state index in [4.69, 9.17) is 0 Å². The van der Waals surface area contributed by atoms with E-state index in [1.807, 2.05) is 30.6 Å². The summed E-state index contributed by atoms with van der Waals surface area (Å²) in [5.74, 6) is 0.215. The van der Waals surface area contributed by atoms with Gasteiger partial charge in [0.15, 0.2) is 0 Å². The lowest BCUT2D eigenvalue weighted by atomic mass is 10.1. The Hall–Kier alpha value is -2.91. The molecule has 0 unspecified atom stereocenters. The van der Waals surface area contributed by atoms with E-state index < -0.39 is 0 Å². The van der Waals surface area contributed by atoms with E-state index in [0.717, 1.165) is 21.5 Å². The number of rotatable bonds is 4. The summed E-state index contributed by atoms with van der Waals surface area (Å²) < 4.78 is 13.0. The van der Waals surface area contributed by atoms with Crippen LogP contribution in [0.3, 0.4) is 0 Å². The molecule has 2 amide bonds. The maximum atomic E-state index is 13.1. The zero-order valence-electron chi connectivity index (χ0n) is 17.7. The van der Waals surface area contributed by atoms with Crippen LogP contribution >= 0.6 is 11.3 Å². The number of benzene rings is 1. The van der Waals surface area contributed by atoms with Gasteiger partial charge in [0, 0.05) is 42.9 Å². The van der Waals surface area contributed by atoms with Crippen LogP contribution in [-0.4, -0.2) is 64.3 Å². The average molecular weight is 442 g/mol. The van der Waals surface area contributed by atoms with E-state index in [1.54, 1.807) is 0 Å². The van der Waals surface area contributed by atoms with Gasteiger partial charge in [-0.05, 0) is 50.6 Å². The van der Waals surface area contributed by atoms with Crippen molar-refractivity contribution in [3.8, 4) is 0 Å². The van der Waals surface area contributed by atoms with Crippen LogP contribution in [0, 0.1) is 26.6 Å². The van der Waals surface area contributed by atoms with Crippen molar-refractivity contribution in [2.45, 2.75) is 20.8 Å². The Bertz CT molecular complexity index is 1140. The van der Waals surface area contributed by atoms with Crippen LogP contribution in [-0.2, 0) is 4.79 Å². The summed E-state index contributed by atoms with van der Waals surface area (Å²) in [7, 11) is 0. The molecule has 0 saturated carbocycles. The van der Waals surface area contributed by atoms with E-state index in [2.05, 4.69) is 15.3 Å². The number of amides is 2. The number of fused-ring (bicyclic) bond motifs is 1. The number of aryl methyl sites for hydroxylation is 3. The van der Waals surface area contributed by atoms with Crippen LogP contribution in [0.25, 0.3) is 10.2 Å². The smallest absolute Gasteiger partial charge is 0.264 e. The van der Waals surface area contributed by atoms with Gasteiger partial charge in [0.1, 0.15) is 16.5 Å². The highest BCUT2D eigenvalue weighted by Crippen LogP contribution is 2.32. The van der Waals surface area contributed by atoms with E-state index in [9.17, 15) is 14.0 Å². The third kappa shape index (κ3) is 4.57. The molecular weight excluding hydrogens is 417 g/mol. The molecule has 0 spiro atoms. The predicted molar refractivity (Wildman–Crippen MR) is 119 cm³/mol. The first-order valence-corrected chi connectivity index (χ1v) is 10.9. The summed E-state index contributed by atoms with van der Waals surface area (Å²) in [5.41, 5.74) is 2.39. The molecule has 0 bridgehead atoms. The standard InChI is InChI=1S/C22H24FN5O2S/c1-13-19-14(2)24-15(3)25-21(19)31-20(13)22(30)28-10-8-27(9-11-28)12-18(29)26-17-6-4-16(23)5-7-17/h4-7H,8-12H2,1-3H3,(H,26,29). The first-order valence-electron chi connectivity index (χ1n) is 10.1. The summed E-state index contributed by atoms with van der Waals surface area (Å²) in [6.45, 7) is 8.33. The lowest BCUT2D eigenvalue weighted by Crippen LogP contribution is -2.50. The second-order valence-electron chi connectivity index (χ2n) is 7.72. The highest BCUT2D eigenvalue weighted by atomic mass is 32.1.